The van der Waals surface area contributed by atoms with Crippen molar-refractivity contribution in [1.82, 2.24) is 5.01 Å². The molecule has 0 spiro atoms. The molecular weight excluding hydrogens is 480 g/mol. The minimum Gasteiger partial charge on any atom is -0.497 e. The maximum Gasteiger partial charge on any atom is 0.255 e. The molecule has 37 heavy (non-hydrogen) atoms. The lowest BCUT2D eigenvalue weighted by Crippen LogP contribution is -2.29. The van der Waals surface area contributed by atoms with E-state index in [9.17, 15) is 4.79 Å². The van der Waals surface area contributed by atoms with Gasteiger partial charge in [-0.15, -0.1) is 11.8 Å². The third kappa shape index (κ3) is 7.54. The van der Waals surface area contributed by atoms with Crippen LogP contribution in [0.5, 0.6) is 0 Å². The van der Waals surface area contributed by atoms with Gasteiger partial charge in [-0.1, -0.05) is 44.2 Å². The zero-order valence-electron chi connectivity index (χ0n) is 22.2. The van der Waals surface area contributed by atoms with Gasteiger partial charge < -0.3 is 20.8 Å². The van der Waals surface area contributed by atoms with Crippen LogP contribution < -0.4 is 16.9 Å². The number of nitrogens with two attached hydrogens (primary N) is 2. The van der Waals surface area contributed by atoms with Crippen LogP contribution in [-0.4, -0.2) is 18.0 Å². The zero-order chi connectivity index (χ0) is 26.8. The predicted molar refractivity (Wildman–Crippen MR) is 157 cm³/mol. The van der Waals surface area contributed by atoms with E-state index < -0.39 is 0 Å². The second-order valence-corrected chi connectivity index (χ2v) is 9.77. The summed E-state index contributed by atoms with van der Waals surface area (Å²) < 4.78 is 5.25. The molecule has 196 valence electrons. The Kier molecular flexibility index (Phi) is 10.5. The van der Waals surface area contributed by atoms with Gasteiger partial charge in [-0.2, -0.15) is 0 Å². The van der Waals surface area contributed by atoms with Crippen molar-refractivity contribution in [1.29, 1.82) is 0 Å². The Bertz CT molecular complexity index is 1200. The van der Waals surface area contributed by atoms with Crippen LogP contribution in [0.1, 0.15) is 66.8 Å². The third-order valence-corrected chi connectivity index (χ3v) is 7.49. The van der Waals surface area contributed by atoms with Gasteiger partial charge in [-0.05, 0) is 84.7 Å². The van der Waals surface area contributed by atoms with Gasteiger partial charge in [0.15, 0.2) is 0 Å². The molecule has 6 nitrogen and oxygen atoms in total. The maximum absolute atomic E-state index is 12.9. The van der Waals surface area contributed by atoms with Crippen LogP contribution in [0, 0.1) is 0 Å². The van der Waals surface area contributed by atoms with E-state index in [2.05, 4.69) is 16.8 Å². The van der Waals surface area contributed by atoms with E-state index in [-0.39, 0.29) is 5.91 Å². The number of hydrazine groups is 1. The Morgan fingerprint density at radius 1 is 1.16 bits per heavy atom. The predicted octanol–water partition coefficient (Wildman–Crippen LogP) is 7.07. The highest BCUT2D eigenvalue weighted by Crippen LogP contribution is 2.39. The van der Waals surface area contributed by atoms with Crippen molar-refractivity contribution >= 4 is 29.0 Å². The monoisotopic (exact) mass is 518 g/mol. The summed E-state index contributed by atoms with van der Waals surface area (Å²) >= 11 is 1.80. The minimum atomic E-state index is -0.187. The summed E-state index contributed by atoms with van der Waals surface area (Å²) in [5, 5.41) is 7.23. The topological polar surface area (TPSA) is 93.6 Å². The molecule has 2 aromatic rings. The molecule has 1 unspecified atom stereocenters. The number of carbonyl (C=O) groups excluding carboxylic acids is 1. The molecule has 5 N–H and O–H groups in total. The number of anilines is 2. The summed E-state index contributed by atoms with van der Waals surface area (Å²) in [6, 6.07) is 13.4. The van der Waals surface area contributed by atoms with E-state index in [4.69, 9.17) is 16.3 Å². The van der Waals surface area contributed by atoms with Gasteiger partial charge in [-0.25, -0.2) is 5.84 Å². The molecule has 4 rings (SSSR count). The van der Waals surface area contributed by atoms with Crippen LogP contribution in [0.25, 0.3) is 0 Å². The van der Waals surface area contributed by atoms with Gasteiger partial charge in [0, 0.05) is 16.5 Å². The SMILES string of the molecule is CC.COC1=CC/C(=C(/C)N(N)Cc2ccc(C(=O)Nc3cc(C4CCC=CS4)ccc3N)cc2)C=C1. The van der Waals surface area contributed by atoms with Crippen molar-refractivity contribution in [3.8, 4) is 0 Å². The standard InChI is InChI=1S/C28H32N4O2S.C2H6/c1-19(21-10-13-24(34-2)14-11-21)32(30)18-20-6-8-22(9-7-20)28(33)31-26-17-23(12-15-25(26)29)27-5-3-4-16-35-27;1-2/h4,6-10,12-17,27H,3,5,11,18,29-30H2,1-2H3,(H,31,33);1-2H3/b21-19-;. The van der Waals surface area contributed by atoms with E-state index in [0.29, 0.717) is 28.7 Å². The molecular formula is C30H38N4O2S. The number of hydrogen-bond donors (Lipinski definition) is 3. The number of allylic oxidation sites excluding steroid dienone is 6. The molecule has 2 aliphatic rings. The lowest BCUT2D eigenvalue weighted by molar-refractivity contribution is 0.102. The number of benzene rings is 2. The number of methoxy groups -OCH3 is 1. The second kappa shape index (κ2) is 13.8. The first-order valence-electron chi connectivity index (χ1n) is 12.7. The van der Waals surface area contributed by atoms with Crippen molar-refractivity contribution in [3.05, 3.63) is 106 Å². The highest BCUT2D eigenvalue weighted by atomic mass is 32.2. The largest absolute Gasteiger partial charge is 0.497 e. The quantitative estimate of drug-likeness (QED) is 0.206. The fourth-order valence-electron chi connectivity index (χ4n) is 4.07. The molecule has 0 fully saturated rings. The summed E-state index contributed by atoms with van der Waals surface area (Å²) in [5.74, 6) is 7.00. The first-order chi connectivity index (χ1) is 17.9. The van der Waals surface area contributed by atoms with Crippen LogP contribution in [0.15, 0.2) is 89.2 Å². The number of nitrogens with one attached hydrogen (secondary N) is 1. The fraction of sp³-hybridized carbons (Fsp3) is 0.300. The van der Waals surface area contributed by atoms with Crippen molar-refractivity contribution in [2.24, 2.45) is 5.84 Å². The molecule has 1 atom stereocenters. The number of hydrogen-bond acceptors (Lipinski definition) is 6. The molecule has 0 radical (unpaired) electrons. The number of carbonyl (C=O) groups is 1. The fourth-order valence-corrected chi connectivity index (χ4v) is 5.08. The molecule has 1 heterocycles. The number of rotatable bonds is 7. The van der Waals surface area contributed by atoms with Gasteiger partial charge in [0.05, 0.1) is 25.0 Å². The molecule has 0 bridgehead atoms. The van der Waals surface area contributed by atoms with Crippen LogP contribution >= 0.6 is 11.8 Å². The molecule has 0 aromatic heterocycles. The van der Waals surface area contributed by atoms with E-state index in [1.807, 2.05) is 81.5 Å². The van der Waals surface area contributed by atoms with Crippen molar-refractivity contribution in [3.63, 3.8) is 0 Å². The average molecular weight is 519 g/mol. The van der Waals surface area contributed by atoms with Crippen LogP contribution in [0.4, 0.5) is 11.4 Å². The van der Waals surface area contributed by atoms with Gasteiger partial charge in [0.2, 0.25) is 0 Å². The highest BCUT2D eigenvalue weighted by molar-refractivity contribution is 8.02. The minimum absolute atomic E-state index is 0.187. The smallest absolute Gasteiger partial charge is 0.255 e. The Morgan fingerprint density at radius 2 is 1.92 bits per heavy atom. The van der Waals surface area contributed by atoms with Gasteiger partial charge in [0.25, 0.3) is 5.91 Å². The molecule has 2 aromatic carbocycles. The van der Waals surface area contributed by atoms with Gasteiger partial charge >= 0.3 is 0 Å². The van der Waals surface area contributed by atoms with E-state index >= 15 is 0 Å². The normalized spacial score (nSPS) is 17.8. The maximum atomic E-state index is 12.9. The number of ether oxygens (including phenoxy) is 1. The first-order valence-corrected chi connectivity index (χ1v) is 13.6. The molecule has 0 saturated heterocycles. The summed E-state index contributed by atoms with van der Waals surface area (Å²) in [4.78, 5) is 12.9. The Labute approximate surface area is 225 Å². The summed E-state index contributed by atoms with van der Waals surface area (Å²) in [7, 11) is 1.66. The first kappa shape index (κ1) is 28.2. The molecule has 1 aliphatic carbocycles. The lowest BCUT2D eigenvalue weighted by Gasteiger charge is -2.23. The Hall–Kier alpha value is -3.42. The van der Waals surface area contributed by atoms with Crippen molar-refractivity contribution < 1.29 is 9.53 Å². The molecule has 1 aliphatic heterocycles. The molecule has 1 amide bonds. The lowest BCUT2D eigenvalue weighted by atomic mass is 10.0. The van der Waals surface area contributed by atoms with E-state index in [1.54, 1.807) is 23.9 Å². The van der Waals surface area contributed by atoms with Crippen molar-refractivity contribution in [2.45, 2.75) is 51.8 Å². The van der Waals surface area contributed by atoms with Crippen LogP contribution in [0.2, 0.25) is 0 Å². The number of amides is 1. The van der Waals surface area contributed by atoms with E-state index in [1.165, 1.54) is 5.56 Å². The highest BCUT2D eigenvalue weighted by Gasteiger charge is 2.16. The number of nitrogens with zero attached hydrogens (tertiary/aromatic N) is 1. The summed E-state index contributed by atoms with van der Waals surface area (Å²) in [6.45, 7) is 6.54. The zero-order valence-corrected chi connectivity index (χ0v) is 23.0. The van der Waals surface area contributed by atoms with Gasteiger partial charge in [-0.3, -0.25) is 4.79 Å². The third-order valence-electron chi connectivity index (χ3n) is 6.30. The van der Waals surface area contributed by atoms with Crippen LogP contribution in [0.3, 0.4) is 0 Å². The van der Waals surface area contributed by atoms with E-state index in [0.717, 1.165) is 41.9 Å². The average Bonchev–Trinajstić information content (AvgIpc) is 2.95. The molecule has 7 heteroatoms. The van der Waals surface area contributed by atoms with Crippen molar-refractivity contribution in [2.75, 3.05) is 18.2 Å². The van der Waals surface area contributed by atoms with Crippen LogP contribution in [-0.2, 0) is 11.3 Å². The van der Waals surface area contributed by atoms with Gasteiger partial charge in [0.1, 0.15) is 5.76 Å². The Morgan fingerprint density at radius 3 is 2.54 bits per heavy atom. The summed E-state index contributed by atoms with van der Waals surface area (Å²) in [5.41, 5.74) is 12.3. The molecule has 0 saturated carbocycles. The summed E-state index contributed by atoms with van der Waals surface area (Å²) in [6.07, 6.45) is 11.1. The number of thioether (sulfide) groups is 1. The Balaban J connectivity index is 0.00000186. The second-order valence-electron chi connectivity index (χ2n) is 8.66. The number of nitrogen functional groups attached to an aromatic ring is 1.